The van der Waals surface area contributed by atoms with E-state index in [4.69, 9.17) is 4.98 Å². The number of hydrogen-bond donors (Lipinski definition) is 0. The molecule has 0 atom stereocenters. The smallest absolute Gasteiger partial charge is 0.319 e. The Labute approximate surface area is 278 Å². The Morgan fingerprint density at radius 1 is 0.553 bits per heavy atom. The Bertz CT molecular complexity index is 1480. The second-order valence-corrected chi connectivity index (χ2v) is 13.5. The monoisotopic (exact) mass is 634 g/mol. The van der Waals surface area contributed by atoms with E-state index in [0.29, 0.717) is 37.8 Å². The first-order valence-corrected chi connectivity index (χ1v) is 17.5. The summed E-state index contributed by atoms with van der Waals surface area (Å²) in [6.07, 6.45) is 5.68. The molecule has 0 N–H and O–H groups in total. The van der Waals surface area contributed by atoms with Crippen molar-refractivity contribution in [2.24, 2.45) is 5.92 Å². The zero-order valence-corrected chi connectivity index (χ0v) is 27.3. The maximum atomic E-state index is 13.9. The number of amides is 4. The zero-order valence-electron chi connectivity index (χ0n) is 27.3. The lowest BCUT2D eigenvalue weighted by molar-refractivity contribution is -0.138. The quantitative estimate of drug-likeness (QED) is 0.391. The van der Waals surface area contributed by atoms with Gasteiger partial charge in [-0.3, -0.25) is 14.5 Å². The van der Waals surface area contributed by atoms with Crippen LogP contribution in [0.3, 0.4) is 0 Å². The average molecular weight is 635 g/mol. The van der Waals surface area contributed by atoms with Gasteiger partial charge in [-0.15, -0.1) is 0 Å². The predicted octanol–water partition coefficient (Wildman–Crippen LogP) is 5.09. The number of likely N-dealkylation sites (tertiary alicyclic amines) is 3. The molecule has 4 aliphatic heterocycles. The lowest BCUT2D eigenvalue weighted by Gasteiger charge is -2.43. The Kier molecular flexibility index (Phi) is 9.51. The molecule has 2 aromatic carbocycles. The summed E-state index contributed by atoms with van der Waals surface area (Å²) in [6, 6.07) is 24.5. The standard InChI is InChI=1S/C38H46N6O3/c45-36(31-13-19-44(20-14-31)38(47)43-17-7-8-18-43)41-21-15-33(16-22-41)40-23-25-42(26-24-40)37(46)32-27-34(29-9-3-1-4-10-29)39-35(28-32)30-11-5-2-6-12-30/h1-6,9-12,27-28,31,33H,7-8,13-26H2. The second kappa shape index (κ2) is 14.3. The van der Waals surface area contributed by atoms with Crippen LogP contribution < -0.4 is 0 Å². The van der Waals surface area contributed by atoms with Crippen LogP contribution in [-0.2, 0) is 4.79 Å². The largest absolute Gasteiger partial charge is 0.342 e. The molecule has 0 radical (unpaired) electrons. The molecule has 0 spiro atoms. The third-order valence-electron chi connectivity index (χ3n) is 10.6. The van der Waals surface area contributed by atoms with E-state index >= 15 is 0 Å². The maximum Gasteiger partial charge on any atom is 0.319 e. The van der Waals surface area contributed by atoms with Gasteiger partial charge in [0, 0.05) is 94.1 Å². The van der Waals surface area contributed by atoms with Gasteiger partial charge >= 0.3 is 6.03 Å². The number of piperazine rings is 1. The third kappa shape index (κ3) is 7.05. The van der Waals surface area contributed by atoms with Gasteiger partial charge in [0.05, 0.1) is 11.4 Å². The molecule has 9 heteroatoms. The van der Waals surface area contributed by atoms with Crippen molar-refractivity contribution < 1.29 is 14.4 Å². The summed E-state index contributed by atoms with van der Waals surface area (Å²) in [5.41, 5.74) is 4.26. The minimum Gasteiger partial charge on any atom is -0.342 e. The predicted molar refractivity (Wildman–Crippen MR) is 183 cm³/mol. The number of carbonyl (C=O) groups excluding carboxylic acids is 3. The van der Waals surface area contributed by atoms with Crippen LogP contribution in [0.1, 0.15) is 48.9 Å². The molecule has 0 unspecified atom stereocenters. The topological polar surface area (TPSA) is 80.3 Å². The van der Waals surface area contributed by atoms with Gasteiger partial charge in [0.1, 0.15) is 0 Å². The molecule has 4 fully saturated rings. The van der Waals surface area contributed by atoms with E-state index in [-0.39, 0.29) is 23.8 Å². The Balaban J connectivity index is 0.913. The number of benzene rings is 2. The van der Waals surface area contributed by atoms with Gasteiger partial charge in [0.25, 0.3) is 5.91 Å². The van der Waals surface area contributed by atoms with Gasteiger partial charge in [-0.05, 0) is 50.7 Å². The number of hydrogen-bond acceptors (Lipinski definition) is 5. The molecule has 5 heterocycles. The SMILES string of the molecule is O=C(c1cc(-c2ccccc2)nc(-c2ccccc2)c1)N1CCN(C2CCN(C(=O)C3CCN(C(=O)N4CCCC4)CC3)CC2)CC1. The molecule has 4 aliphatic rings. The number of piperidine rings is 2. The maximum absolute atomic E-state index is 13.9. The van der Waals surface area contributed by atoms with Crippen molar-refractivity contribution in [1.82, 2.24) is 29.5 Å². The molecular weight excluding hydrogens is 588 g/mol. The van der Waals surface area contributed by atoms with Gasteiger partial charge < -0.3 is 19.6 Å². The highest BCUT2D eigenvalue weighted by atomic mass is 16.2. The molecule has 9 nitrogen and oxygen atoms in total. The number of rotatable bonds is 5. The highest BCUT2D eigenvalue weighted by molar-refractivity contribution is 5.96. The molecule has 47 heavy (non-hydrogen) atoms. The van der Waals surface area contributed by atoms with Crippen LogP contribution in [0.4, 0.5) is 4.79 Å². The summed E-state index contributed by atoms with van der Waals surface area (Å²) in [5, 5.41) is 0. The summed E-state index contributed by atoms with van der Waals surface area (Å²) < 4.78 is 0. The Morgan fingerprint density at radius 2 is 1.06 bits per heavy atom. The van der Waals surface area contributed by atoms with E-state index in [1.807, 2.05) is 87.5 Å². The number of pyridine rings is 1. The van der Waals surface area contributed by atoms with Crippen LogP contribution in [0.15, 0.2) is 72.8 Å². The molecule has 4 amide bonds. The van der Waals surface area contributed by atoms with Crippen LogP contribution in [0, 0.1) is 5.92 Å². The van der Waals surface area contributed by atoms with E-state index in [0.717, 1.165) is 100 Å². The van der Waals surface area contributed by atoms with Crippen LogP contribution in [-0.4, -0.2) is 119 Å². The van der Waals surface area contributed by atoms with Gasteiger partial charge in [0.2, 0.25) is 5.91 Å². The van der Waals surface area contributed by atoms with Gasteiger partial charge in [-0.1, -0.05) is 60.7 Å². The fourth-order valence-corrected chi connectivity index (χ4v) is 7.78. The molecule has 4 saturated heterocycles. The van der Waals surface area contributed by atoms with Gasteiger partial charge in [-0.2, -0.15) is 0 Å². The van der Waals surface area contributed by atoms with Gasteiger partial charge in [0.15, 0.2) is 0 Å². The molecular formula is C38H46N6O3. The zero-order chi connectivity index (χ0) is 32.2. The van der Waals surface area contributed by atoms with E-state index in [9.17, 15) is 14.4 Å². The van der Waals surface area contributed by atoms with Crippen LogP contribution >= 0.6 is 0 Å². The molecule has 0 bridgehead atoms. The first-order chi connectivity index (χ1) is 23.0. The summed E-state index contributed by atoms with van der Waals surface area (Å²) in [4.78, 5) is 55.4. The first kappa shape index (κ1) is 31.4. The van der Waals surface area contributed by atoms with Crippen molar-refractivity contribution in [3.63, 3.8) is 0 Å². The van der Waals surface area contributed by atoms with Crippen molar-refractivity contribution in [2.75, 3.05) is 65.4 Å². The van der Waals surface area contributed by atoms with Crippen molar-refractivity contribution in [3.8, 4) is 22.5 Å². The number of carbonyl (C=O) groups is 3. The second-order valence-electron chi connectivity index (χ2n) is 13.5. The Hall–Kier alpha value is -4.24. The summed E-state index contributed by atoms with van der Waals surface area (Å²) >= 11 is 0. The lowest BCUT2D eigenvalue weighted by Crippen LogP contribution is -2.55. The molecule has 3 aromatic rings. The fraction of sp³-hybridized carbons (Fsp3) is 0.474. The van der Waals surface area contributed by atoms with Crippen molar-refractivity contribution in [3.05, 3.63) is 78.4 Å². The molecule has 1 aromatic heterocycles. The van der Waals surface area contributed by atoms with E-state index in [1.54, 1.807) is 0 Å². The number of nitrogens with zero attached hydrogens (tertiary/aromatic N) is 6. The van der Waals surface area contributed by atoms with Gasteiger partial charge in [-0.25, -0.2) is 9.78 Å². The molecule has 7 rings (SSSR count). The number of aromatic nitrogens is 1. The minimum absolute atomic E-state index is 0.0294. The van der Waals surface area contributed by atoms with E-state index in [2.05, 4.69) is 9.80 Å². The van der Waals surface area contributed by atoms with Crippen LogP contribution in [0.5, 0.6) is 0 Å². The van der Waals surface area contributed by atoms with E-state index in [1.165, 1.54) is 0 Å². The van der Waals surface area contributed by atoms with Crippen molar-refractivity contribution in [1.29, 1.82) is 0 Å². The first-order valence-electron chi connectivity index (χ1n) is 17.5. The van der Waals surface area contributed by atoms with E-state index < -0.39 is 0 Å². The highest BCUT2D eigenvalue weighted by Crippen LogP contribution is 2.28. The van der Waals surface area contributed by atoms with Crippen molar-refractivity contribution >= 4 is 17.8 Å². The average Bonchev–Trinajstić information content (AvgIpc) is 3.70. The molecule has 246 valence electrons. The summed E-state index contributed by atoms with van der Waals surface area (Å²) in [5.74, 6) is 0.353. The molecule has 0 saturated carbocycles. The fourth-order valence-electron chi connectivity index (χ4n) is 7.78. The number of urea groups is 1. The summed E-state index contributed by atoms with van der Waals surface area (Å²) in [7, 11) is 0. The molecule has 0 aliphatic carbocycles. The third-order valence-corrected chi connectivity index (χ3v) is 10.6. The highest BCUT2D eigenvalue weighted by Gasteiger charge is 2.35. The van der Waals surface area contributed by atoms with Crippen LogP contribution in [0.2, 0.25) is 0 Å². The van der Waals surface area contributed by atoms with Crippen LogP contribution in [0.25, 0.3) is 22.5 Å². The summed E-state index contributed by atoms with van der Waals surface area (Å²) in [6.45, 7) is 7.76. The minimum atomic E-state index is 0.0294. The lowest BCUT2D eigenvalue weighted by atomic mass is 9.93. The van der Waals surface area contributed by atoms with Crippen molar-refractivity contribution in [2.45, 2.75) is 44.6 Å². The normalized spacial score (nSPS) is 20.1. The Morgan fingerprint density at radius 3 is 1.62 bits per heavy atom.